The largest absolute Gasteiger partial charge is 0.496 e. The number of aliphatic hydroxyl groups excluding tert-OH is 1. The van der Waals surface area contributed by atoms with Crippen molar-refractivity contribution < 1.29 is 9.84 Å². The normalized spacial score (nSPS) is 12.2. The van der Waals surface area contributed by atoms with E-state index in [-0.39, 0.29) is 0 Å². The summed E-state index contributed by atoms with van der Waals surface area (Å²) in [5.41, 5.74) is 2.21. The number of ether oxygens (including phenoxy) is 1. The fourth-order valence-electron chi connectivity index (χ4n) is 2.10. The molecule has 0 aliphatic rings. The Bertz CT molecular complexity index is 584. The molecule has 0 saturated heterocycles. The zero-order valence-electron chi connectivity index (χ0n) is 12.2. The standard InChI is InChI=1S/C17H19ClO2S/c1-12-3-8-17(20-2)13(9-12)10-15(19)11-21-16-6-4-14(18)5-7-16/h3-9,15,19H,10-11H2,1-2H3. The van der Waals surface area contributed by atoms with Crippen LogP contribution in [0.3, 0.4) is 0 Å². The second-order valence-corrected chi connectivity index (χ2v) is 6.47. The molecule has 0 saturated carbocycles. The Morgan fingerprint density at radius 3 is 2.57 bits per heavy atom. The first-order valence-electron chi connectivity index (χ1n) is 6.78. The molecule has 0 aliphatic heterocycles. The van der Waals surface area contributed by atoms with Gasteiger partial charge in [-0.2, -0.15) is 0 Å². The molecular weight excluding hydrogens is 304 g/mol. The summed E-state index contributed by atoms with van der Waals surface area (Å²) in [6.45, 7) is 2.04. The van der Waals surface area contributed by atoms with Crippen LogP contribution in [0.5, 0.6) is 5.75 Å². The average molecular weight is 323 g/mol. The molecule has 0 heterocycles. The van der Waals surface area contributed by atoms with E-state index < -0.39 is 6.10 Å². The van der Waals surface area contributed by atoms with E-state index >= 15 is 0 Å². The van der Waals surface area contributed by atoms with Gasteiger partial charge in [0, 0.05) is 22.1 Å². The second-order valence-electron chi connectivity index (χ2n) is 4.94. The monoisotopic (exact) mass is 322 g/mol. The van der Waals surface area contributed by atoms with Crippen molar-refractivity contribution >= 4 is 23.4 Å². The molecule has 0 bridgehead atoms. The highest BCUT2D eigenvalue weighted by atomic mass is 35.5. The Morgan fingerprint density at radius 1 is 1.19 bits per heavy atom. The number of thioether (sulfide) groups is 1. The number of rotatable bonds is 6. The maximum Gasteiger partial charge on any atom is 0.122 e. The van der Waals surface area contributed by atoms with Crippen molar-refractivity contribution in [2.45, 2.75) is 24.3 Å². The minimum Gasteiger partial charge on any atom is -0.496 e. The van der Waals surface area contributed by atoms with Crippen LogP contribution >= 0.6 is 23.4 Å². The molecule has 1 N–H and O–H groups in total. The number of hydrogen-bond acceptors (Lipinski definition) is 3. The Kier molecular flexibility index (Phi) is 5.97. The number of halogens is 1. The average Bonchev–Trinajstić information content (AvgIpc) is 2.47. The maximum atomic E-state index is 10.2. The first kappa shape index (κ1) is 16.2. The number of benzene rings is 2. The SMILES string of the molecule is COc1ccc(C)cc1CC(O)CSc1ccc(Cl)cc1. The van der Waals surface area contributed by atoms with Crippen molar-refractivity contribution in [1.82, 2.24) is 0 Å². The first-order valence-corrected chi connectivity index (χ1v) is 8.15. The van der Waals surface area contributed by atoms with E-state index in [2.05, 4.69) is 6.07 Å². The quantitative estimate of drug-likeness (QED) is 0.802. The molecular formula is C17H19ClO2S. The van der Waals surface area contributed by atoms with Crippen LogP contribution in [0.1, 0.15) is 11.1 Å². The van der Waals surface area contributed by atoms with Crippen LogP contribution in [0.2, 0.25) is 5.02 Å². The van der Waals surface area contributed by atoms with Crippen LogP contribution in [0.25, 0.3) is 0 Å². The molecule has 0 fully saturated rings. The third-order valence-electron chi connectivity index (χ3n) is 3.15. The summed E-state index contributed by atoms with van der Waals surface area (Å²) in [4.78, 5) is 1.11. The van der Waals surface area contributed by atoms with Gasteiger partial charge in [-0.3, -0.25) is 0 Å². The van der Waals surface area contributed by atoms with Crippen LogP contribution in [-0.2, 0) is 6.42 Å². The second kappa shape index (κ2) is 7.74. The third kappa shape index (κ3) is 4.95. The van der Waals surface area contributed by atoms with E-state index in [0.29, 0.717) is 12.2 Å². The van der Waals surface area contributed by atoms with Crippen LogP contribution < -0.4 is 4.74 Å². The van der Waals surface area contributed by atoms with Gasteiger partial charge in [-0.25, -0.2) is 0 Å². The van der Waals surface area contributed by atoms with Gasteiger partial charge in [0.15, 0.2) is 0 Å². The van der Waals surface area contributed by atoms with Crippen molar-refractivity contribution in [3.63, 3.8) is 0 Å². The van der Waals surface area contributed by atoms with Crippen molar-refractivity contribution in [2.75, 3.05) is 12.9 Å². The fourth-order valence-corrected chi connectivity index (χ4v) is 3.06. The summed E-state index contributed by atoms with van der Waals surface area (Å²) in [5, 5.41) is 11.0. The summed E-state index contributed by atoms with van der Waals surface area (Å²) in [6.07, 6.45) is 0.173. The fraction of sp³-hybridized carbons (Fsp3) is 0.294. The molecule has 1 unspecified atom stereocenters. The topological polar surface area (TPSA) is 29.5 Å². The molecule has 21 heavy (non-hydrogen) atoms. The van der Waals surface area contributed by atoms with Gasteiger partial charge < -0.3 is 9.84 Å². The summed E-state index contributed by atoms with van der Waals surface area (Å²) < 4.78 is 5.34. The predicted molar refractivity (Wildman–Crippen MR) is 89.6 cm³/mol. The van der Waals surface area contributed by atoms with Crippen molar-refractivity contribution in [2.24, 2.45) is 0 Å². The summed E-state index contributed by atoms with van der Waals surface area (Å²) >= 11 is 7.48. The van der Waals surface area contributed by atoms with Crippen LogP contribution in [0.4, 0.5) is 0 Å². The first-order chi connectivity index (χ1) is 10.1. The minimum absolute atomic E-state index is 0.415. The Morgan fingerprint density at radius 2 is 1.90 bits per heavy atom. The predicted octanol–water partition coefficient (Wildman–Crippen LogP) is 4.35. The summed E-state index contributed by atoms with van der Waals surface area (Å²) in [6, 6.07) is 13.7. The molecule has 0 amide bonds. The molecule has 0 radical (unpaired) electrons. The molecule has 2 nitrogen and oxygen atoms in total. The molecule has 2 aromatic carbocycles. The molecule has 0 aliphatic carbocycles. The van der Waals surface area contributed by atoms with Gasteiger partial charge >= 0.3 is 0 Å². The highest BCUT2D eigenvalue weighted by molar-refractivity contribution is 7.99. The van der Waals surface area contributed by atoms with Crippen LogP contribution in [0, 0.1) is 6.92 Å². The van der Waals surface area contributed by atoms with E-state index in [0.717, 1.165) is 21.2 Å². The van der Waals surface area contributed by atoms with Crippen molar-refractivity contribution in [3.8, 4) is 5.75 Å². The van der Waals surface area contributed by atoms with Gasteiger partial charge in [0.05, 0.1) is 13.2 Å². The lowest BCUT2D eigenvalue weighted by Gasteiger charge is -2.14. The smallest absolute Gasteiger partial charge is 0.122 e. The van der Waals surface area contributed by atoms with Crippen LogP contribution in [-0.4, -0.2) is 24.1 Å². The molecule has 112 valence electrons. The van der Waals surface area contributed by atoms with E-state index in [4.69, 9.17) is 16.3 Å². The molecule has 2 rings (SSSR count). The van der Waals surface area contributed by atoms with Gasteiger partial charge in [0.1, 0.15) is 5.75 Å². The summed E-state index contributed by atoms with van der Waals surface area (Å²) in [5.74, 6) is 1.47. The highest BCUT2D eigenvalue weighted by Gasteiger charge is 2.11. The zero-order chi connectivity index (χ0) is 15.2. The Labute approximate surface area is 135 Å². The Balaban J connectivity index is 1.94. The van der Waals surface area contributed by atoms with Gasteiger partial charge in [0.2, 0.25) is 0 Å². The number of aliphatic hydroxyl groups is 1. The molecule has 2 aromatic rings. The van der Waals surface area contributed by atoms with Crippen molar-refractivity contribution in [3.05, 3.63) is 58.6 Å². The maximum absolute atomic E-state index is 10.2. The molecule has 0 spiro atoms. The van der Waals surface area contributed by atoms with Crippen LogP contribution in [0.15, 0.2) is 47.4 Å². The van der Waals surface area contributed by atoms with Gasteiger partial charge in [-0.05, 0) is 42.8 Å². The van der Waals surface area contributed by atoms with E-state index in [1.54, 1.807) is 18.9 Å². The van der Waals surface area contributed by atoms with Gasteiger partial charge in [0.25, 0.3) is 0 Å². The van der Waals surface area contributed by atoms with Gasteiger partial charge in [-0.1, -0.05) is 29.3 Å². The van der Waals surface area contributed by atoms with Gasteiger partial charge in [-0.15, -0.1) is 11.8 Å². The van der Waals surface area contributed by atoms with E-state index in [1.165, 1.54) is 5.56 Å². The summed E-state index contributed by atoms with van der Waals surface area (Å²) in [7, 11) is 1.66. The molecule has 4 heteroatoms. The third-order valence-corrected chi connectivity index (χ3v) is 4.56. The Hall–Kier alpha value is -1.16. The number of hydrogen-bond donors (Lipinski definition) is 1. The molecule has 0 aromatic heterocycles. The lowest BCUT2D eigenvalue weighted by atomic mass is 10.0. The highest BCUT2D eigenvalue weighted by Crippen LogP contribution is 2.25. The number of aryl methyl sites for hydroxylation is 1. The zero-order valence-corrected chi connectivity index (χ0v) is 13.7. The minimum atomic E-state index is -0.415. The lowest BCUT2D eigenvalue weighted by Crippen LogP contribution is -2.14. The lowest BCUT2D eigenvalue weighted by molar-refractivity contribution is 0.198. The van der Waals surface area contributed by atoms with E-state index in [9.17, 15) is 5.11 Å². The molecule has 1 atom stereocenters. The number of methoxy groups -OCH3 is 1. The van der Waals surface area contributed by atoms with E-state index in [1.807, 2.05) is 43.3 Å². The van der Waals surface area contributed by atoms with Crippen molar-refractivity contribution in [1.29, 1.82) is 0 Å².